The summed E-state index contributed by atoms with van der Waals surface area (Å²) in [5.41, 5.74) is 2.15. The van der Waals surface area contributed by atoms with Crippen LogP contribution in [0.1, 0.15) is 22.3 Å². The lowest BCUT2D eigenvalue weighted by atomic mass is 10.1. The lowest BCUT2D eigenvalue weighted by Gasteiger charge is -1.92. The van der Waals surface area contributed by atoms with E-state index in [1.807, 2.05) is 24.3 Å². The number of alkyl carbamates (subject to hydrolysis) is 1. The van der Waals surface area contributed by atoms with E-state index in [-0.39, 0.29) is 6.09 Å². The quantitative estimate of drug-likeness (QED) is 0.720. The van der Waals surface area contributed by atoms with E-state index in [0.29, 0.717) is 25.4 Å². The Morgan fingerprint density at radius 1 is 1.12 bits per heavy atom. The van der Waals surface area contributed by atoms with Crippen LogP contribution >= 0.6 is 0 Å². The van der Waals surface area contributed by atoms with Crippen LogP contribution in [0.2, 0.25) is 0 Å². The van der Waals surface area contributed by atoms with Crippen LogP contribution in [0, 0.1) is 0 Å². The zero-order valence-electron chi connectivity index (χ0n) is 8.86. The molecular weight excluding hydrogens is 206 g/mol. The van der Waals surface area contributed by atoms with Gasteiger partial charge in [-0.1, -0.05) is 24.3 Å². The fraction of sp³-hybridized carbons (Fsp3) is 0.333. The lowest BCUT2D eigenvalue weighted by Crippen LogP contribution is -2.11. The van der Waals surface area contributed by atoms with Crippen molar-refractivity contribution in [2.24, 2.45) is 0 Å². The molecule has 84 valence electrons. The highest BCUT2D eigenvalue weighted by molar-refractivity contribution is 6.00. The summed E-state index contributed by atoms with van der Waals surface area (Å²) in [6.07, 6.45) is 1.35. The molecule has 1 aliphatic carbocycles. The number of ketones is 1. The number of carbonyl (C=O) groups is 2. The Hall–Kier alpha value is -1.84. The SMILES string of the molecule is O=C1CCc2ccccc21.O=C1NCCO1. The van der Waals surface area contributed by atoms with Gasteiger partial charge in [0.15, 0.2) is 5.78 Å². The number of cyclic esters (lactones) is 1. The largest absolute Gasteiger partial charge is 0.448 e. The fourth-order valence-corrected chi connectivity index (χ4v) is 1.74. The van der Waals surface area contributed by atoms with Crippen molar-refractivity contribution in [3.63, 3.8) is 0 Å². The minimum atomic E-state index is -0.296. The van der Waals surface area contributed by atoms with Gasteiger partial charge in [0, 0.05) is 12.0 Å². The number of nitrogens with one attached hydrogen (secondary N) is 1. The smallest absolute Gasteiger partial charge is 0.407 e. The molecule has 1 amide bonds. The van der Waals surface area contributed by atoms with Crippen LogP contribution in [-0.2, 0) is 11.2 Å². The van der Waals surface area contributed by atoms with Gasteiger partial charge in [-0.2, -0.15) is 0 Å². The maximum Gasteiger partial charge on any atom is 0.407 e. The second kappa shape index (κ2) is 4.79. The van der Waals surface area contributed by atoms with Gasteiger partial charge in [0.25, 0.3) is 0 Å². The first-order valence-electron chi connectivity index (χ1n) is 5.29. The first-order valence-corrected chi connectivity index (χ1v) is 5.29. The van der Waals surface area contributed by atoms with E-state index in [9.17, 15) is 9.59 Å². The summed E-state index contributed by atoms with van der Waals surface area (Å²) in [5.74, 6) is 0.301. The molecule has 1 N–H and O–H groups in total. The third-order valence-corrected chi connectivity index (χ3v) is 2.54. The van der Waals surface area contributed by atoms with E-state index >= 15 is 0 Å². The van der Waals surface area contributed by atoms with Gasteiger partial charge in [0.1, 0.15) is 6.61 Å². The van der Waals surface area contributed by atoms with Gasteiger partial charge in [-0.05, 0) is 12.0 Å². The Bertz CT molecular complexity index is 406. The number of hydrogen-bond donors (Lipinski definition) is 1. The molecule has 1 saturated heterocycles. The molecule has 1 fully saturated rings. The summed E-state index contributed by atoms with van der Waals surface area (Å²) in [7, 11) is 0. The molecular formula is C12H13NO3. The highest BCUT2D eigenvalue weighted by atomic mass is 16.6. The van der Waals surface area contributed by atoms with Crippen molar-refractivity contribution in [2.75, 3.05) is 13.2 Å². The molecule has 0 unspecified atom stereocenters. The molecule has 0 bridgehead atoms. The average molecular weight is 219 g/mol. The summed E-state index contributed by atoms with van der Waals surface area (Å²) < 4.78 is 4.40. The second-order valence-corrected chi connectivity index (χ2v) is 3.64. The molecule has 0 saturated carbocycles. The van der Waals surface area contributed by atoms with Crippen LogP contribution in [0.15, 0.2) is 24.3 Å². The standard InChI is InChI=1S/C9H8O.C3H5NO2/c10-9-6-5-7-3-1-2-4-8(7)9;5-3-4-1-2-6-3/h1-4H,5-6H2;1-2H2,(H,4,5). The molecule has 0 spiro atoms. The van der Waals surface area contributed by atoms with Crippen LogP contribution in [0.25, 0.3) is 0 Å². The molecule has 0 aromatic heterocycles. The number of aryl methyl sites for hydroxylation is 1. The third kappa shape index (κ3) is 2.39. The van der Waals surface area contributed by atoms with Crippen molar-refractivity contribution in [1.29, 1.82) is 0 Å². The predicted molar refractivity (Wildman–Crippen MR) is 58.4 cm³/mol. The van der Waals surface area contributed by atoms with Gasteiger partial charge < -0.3 is 10.1 Å². The molecule has 3 rings (SSSR count). The number of rotatable bonds is 0. The highest BCUT2D eigenvalue weighted by Gasteiger charge is 2.17. The van der Waals surface area contributed by atoms with Crippen LogP contribution in [0.4, 0.5) is 4.79 Å². The first kappa shape index (κ1) is 10.7. The minimum Gasteiger partial charge on any atom is -0.448 e. The number of ether oxygens (including phenoxy) is 1. The monoisotopic (exact) mass is 219 g/mol. The molecule has 1 aromatic rings. The molecule has 1 aromatic carbocycles. The van der Waals surface area contributed by atoms with Gasteiger partial charge >= 0.3 is 6.09 Å². The molecule has 1 heterocycles. The fourth-order valence-electron chi connectivity index (χ4n) is 1.74. The van der Waals surface area contributed by atoms with Gasteiger partial charge in [0.05, 0.1) is 6.54 Å². The molecule has 4 heteroatoms. The van der Waals surface area contributed by atoms with Crippen LogP contribution in [0.3, 0.4) is 0 Å². The van der Waals surface area contributed by atoms with Gasteiger partial charge in [-0.25, -0.2) is 4.79 Å². The van der Waals surface area contributed by atoms with E-state index in [4.69, 9.17) is 0 Å². The van der Waals surface area contributed by atoms with E-state index in [1.165, 1.54) is 5.56 Å². The van der Waals surface area contributed by atoms with Crippen molar-refractivity contribution >= 4 is 11.9 Å². The normalized spacial score (nSPS) is 17.0. The van der Waals surface area contributed by atoms with E-state index < -0.39 is 0 Å². The Balaban J connectivity index is 0.000000138. The predicted octanol–water partition coefficient (Wildman–Crippen LogP) is 1.54. The number of hydrogen-bond acceptors (Lipinski definition) is 3. The first-order chi connectivity index (χ1) is 7.77. The third-order valence-electron chi connectivity index (χ3n) is 2.54. The lowest BCUT2D eigenvalue weighted by molar-refractivity contribution is 0.0994. The van der Waals surface area contributed by atoms with Crippen molar-refractivity contribution < 1.29 is 14.3 Å². The topological polar surface area (TPSA) is 55.4 Å². The Labute approximate surface area is 93.6 Å². The van der Waals surface area contributed by atoms with Crippen LogP contribution in [0.5, 0.6) is 0 Å². The van der Waals surface area contributed by atoms with Gasteiger partial charge in [0.2, 0.25) is 0 Å². The molecule has 4 nitrogen and oxygen atoms in total. The molecule has 1 aliphatic heterocycles. The summed E-state index contributed by atoms with van der Waals surface area (Å²) in [4.78, 5) is 21.0. The molecule has 0 radical (unpaired) electrons. The maximum atomic E-state index is 11.1. The molecule has 0 atom stereocenters. The van der Waals surface area contributed by atoms with E-state index in [0.717, 1.165) is 12.0 Å². The number of amides is 1. The number of Topliss-reactive ketones (excluding diaryl/α,β-unsaturated/α-hetero) is 1. The maximum absolute atomic E-state index is 11.1. The van der Waals surface area contributed by atoms with Crippen molar-refractivity contribution in [3.8, 4) is 0 Å². The van der Waals surface area contributed by atoms with Crippen molar-refractivity contribution in [2.45, 2.75) is 12.8 Å². The summed E-state index contributed by atoms with van der Waals surface area (Å²) in [6, 6.07) is 7.84. The van der Waals surface area contributed by atoms with Crippen molar-refractivity contribution in [1.82, 2.24) is 5.32 Å². The van der Waals surface area contributed by atoms with E-state index in [2.05, 4.69) is 10.1 Å². The molecule has 16 heavy (non-hydrogen) atoms. The van der Waals surface area contributed by atoms with Gasteiger partial charge in [-0.3, -0.25) is 4.79 Å². The highest BCUT2D eigenvalue weighted by Crippen LogP contribution is 2.20. The summed E-state index contributed by atoms with van der Waals surface area (Å²) in [5, 5.41) is 2.46. The zero-order valence-corrected chi connectivity index (χ0v) is 8.86. The minimum absolute atomic E-state index is 0.296. The second-order valence-electron chi connectivity index (χ2n) is 3.64. The Kier molecular flexibility index (Phi) is 3.19. The zero-order chi connectivity index (χ0) is 11.4. The van der Waals surface area contributed by atoms with Crippen LogP contribution in [-0.4, -0.2) is 25.0 Å². The Morgan fingerprint density at radius 2 is 1.94 bits per heavy atom. The number of carbonyl (C=O) groups excluding carboxylic acids is 2. The Morgan fingerprint density at radius 3 is 2.50 bits per heavy atom. The molecule has 2 aliphatic rings. The number of fused-ring (bicyclic) bond motifs is 1. The van der Waals surface area contributed by atoms with E-state index in [1.54, 1.807) is 0 Å². The summed E-state index contributed by atoms with van der Waals surface area (Å²) in [6.45, 7) is 1.19. The average Bonchev–Trinajstić information content (AvgIpc) is 2.91. The van der Waals surface area contributed by atoms with Gasteiger partial charge in [-0.15, -0.1) is 0 Å². The summed E-state index contributed by atoms with van der Waals surface area (Å²) >= 11 is 0. The van der Waals surface area contributed by atoms with Crippen molar-refractivity contribution in [3.05, 3.63) is 35.4 Å². The van der Waals surface area contributed by atoms with Crippen LogP contribution < -0.4 is 5.32 Å². The number of benzene rings is 1.